The van der Waals surface area contributed by atoms with Gasteiger partial charge in [0, 0.05) is 16.9 Å². The molecule has 2 atom stereocenters. The molecule has 0 heterocycles. The van der Waals surface area contributed by atoms with E-state index in [0.29, 0.717) is 16.9 Å². The van der Waals surface area contributed by atoms with E-state index in [-0.39, 0.29) is 12.2 Å². The van der Waals surface area contributed by atoms with Gasteiger partial charge in [0.05, 0.1) is 6.42 Å². The number of rotatable bonds is 4. The molecule has 0 aromatic carbocycles. The third-order valence-electron chi connectivity index (χ3n) is 3.02. The maximum Gasteiger partial charge on any atom is 0.160 e. The molecule has 3 nitrogen and oxygen atoms in total. The Balaban J connectivity index is 2.46. The molecular weight excluding hydrogens is 336 g/mol. The van der Waals surface area contributed by atoms with Gasteiger partial charge in [0.15, 0.2) is 11.4 Å². The molecule has 0 spiro atoms. The van der Waals surface area contributed by atoms with Crippen molar-refractivity contribution >= 4 is 37.2 Å². The minimum absolute atomic E-state index is 0.107. The van der Waals surface area contributed by atoms with Crippen LogP contribution in [0.2, 0.25) is 0 Å². The Bertz CT molecular complexity index is 670. The van der Waals surface area contributed by atoms with E-state index in [1.165, 1.54) is 18.2 Å². The van der Waals surface area contributed by atoms with Gasteiger partial charge < -0.3 is 10.2 Å². The van der Waals surface area contributed by atoms with E-state index < -0.39 is 11.7 Å². The van der Waals surface area contributed by atoms with Crippen molar-refractivity contribution in [3.8, 4) is 23.7 Å². The van der Waals surface area contributed by atoms with Crippen LogP contribution in [0.15, 0.2) is 35.5 Å². The van der Waals surface area contributed by atoms with Gasteiger partial charge in [-0.2, -0.15) is 0 Å². The quantitative estimate of drug-likeness (QED) is 0.460. The van der Waals surface area contributed by atoms with Gasteiger partial charge in [-0.05, 0) is 34.3 Å². The van der Waals surface area contributed by atoms with Crippen LogP contribution >= 0.6 is 31.4 Å². The summed E-state index contributed by atoms with van der Waals surface area (Å²) in [6.45, 7) is 0. The second-order valence-electron chi connectivity index (χ2n) is 4.53. The highest BCUT2D eigenvalue weighted by atomic mass is 33.5. The molecular formula is C16H14O3S3. The van der Waals surface area contributed by atoms with Crippen molar-refractivity contribution in [3.63, 3.8) is 0 Å². The van der Waals surface area contributed by atoms with Crippen molar-refractivity contribution in [1.29, 1.82) is 0 Å². The second-order valence-corrected chi connectivity index (χ2v) is 8.91. The zero-order valence-corrected chi connectivity index (χ0v) is 14.3. The summed E-state index contributed by atoms with van der Waals surface area (Å²) in [5, 5.41) is 21.0. The average Bonchev–Trinajstić information content (AvgIpc) is 2.47. The van der Waals surface area contributed by atoms with Crippen molar-refractivity contribution in [2.45, 2.75) is 18.1 Å². The molecule has 2 rings (SSSR count). The minimum atomic E-state index is -1.57. The second kappa shape index (κ2) is 8.01. The summed E-state index contributed by atoms with van der Waals surface area (Å²) in [5.74, 6) is 11.1. The van der Waals surface area contributed by atoms with E-state index in [4.69, 9.17) is 0 Å². The summed E-state index contributed by atoms with van der Waals surface area (Å²) >= 11 is 0. The maximum absolute atomic E-state index is 11.9. The molecule has 2 N–H and O–H groups in total. The highest BCUT2D eigenvalue weighted by molar-refractivity contribution is 9.09. The summed E-state index contributed by atoms with van der Waals surface area (Å²) in [5.41, 5.74) is -0.757. The molecule has 2 bridgehead atoms. The lowest BCUT2D eigenvalue weighted by atomic mass is 9.77. The molecule has 2 aliphatic carbocycles. The average molecular weight is 350 g/mol. The van der Waals surface area contributed by atoms with Crippen LogP contribution in [0.4, 0.5) is 0 Å². The highest BCUT2D eigenvalue weighted by Crippen LogP contribution is 2.37. The minimum Gasteiger partial charge on any atom is -0.376 e. The van der Waals surface area contributed by atoms with Crippen molar-refractivity contribution in [2.75, 3.05) is 12.0 Å². The predicted octanol–water partition coefficient (Wildman–Crippen LogP) is 2.14. The third kappa shape index (κ3) is 4.25. The van der Waals surface area contributed by atoms with Crippen LogP contribution in [0.1, 0.15) is 6.42 Å². The monoisotopic (exact) mass is 350 g/mol. The summed E-state index contributed by atoms with van der Waals surface area (Å²) in [7, 11) is 4.87. The van der Waals surface area contributed by atoms with E-state index in [1.807, 2.05) is 12.3 Å². The molecule has 0 amide bonds. The van der Waals surface area contributed by atoms with E-state index in [0.717, 1.165) is 0 Å². The Hall–Kier alpha value is -1.02. The molecule has 0 aromatic heterocycles. The number of carbonyl (C=O) groups excluding carboxylic acids is 1. The van der Waals surface area contributed by atoms with Gasteiger partial charge in [-0.1, -0.05) is 51.3 Å². The normalized spacial score (nSPS) is 29.8. The summed E-state index contributed by atoms with van der Waals surface area (Å²) in [6, 6.07) is 0. The van der Waals surface area contributed by atoms with Crippen molar-refractivity contribution in [2.24, 2.45) is 0 Å². The summed E-state index contributed by atoms with van der Waals surface area (Å²) in [4.78, 5) is 11.9. The largest absolute Gasteiger partial charge is 0.376 e. The smallest absolute Gasteiger partial charge is 0.160 e. The molecule has 6 heteroatoms. The lowest BCUT2D eigenvalue weighted by Gasteiger charge is -2.31. The van der Waals surface area contributed by atoms with Crippen molar-refractivity contribution in [1.82, 2.24) is 0 Å². The van der Waals surface area contributed by atoms with Crippen molar-refractivity contribution < 1.29 is 15.0 Å². The van der Waals surface area contributed by atoms with Crippen LogP contribution in [0.3, 0.4) is 0 Å². The standard InChI is InChI=1S/C16H14O3S3/c1-20-22-21-9-7-14-13-10-12(17)11-16(14,19)8-5-3-2-4-6-15(13)18/h2-3,7,10,15,18-19H,9,11H2,1H3/b3-2+,14-7-/t15-,16+/m0/s1. The fourth-order valence-electron chi connectivity index (χ4n) is 2.16. The van der Waals surface area contributed by atoms with Crippen molar-refractivity contribution in [3.05, 3.63) is 35.5 Å². The summed E-state index contributed by atoms with van der Waals surface area (Å²) in [6.07, 6.45) is 6.94. The lowest BCUT2D eigenvalue weighted by Crippen LogP contribution is -2.38. The van der Waals surface area contributed by atoms with Gasteiger partial charge in [0.25, 0.3) is 0 Å². The molecule has 0 unspecified atom stereocenters. The SMILES string of the molecule is CSSSC/C=C1/C2=CC(=O)C[C@]1(O)C#C/C=C/C#C[C@@H]2O. The van der Waals surface area contributed by atoms with Gasteiger partial charge in [0.2, 0.25) is 0 Å². The van der Waals surface area contributed by atoms with Crippen LogP contribution < -0.4 is 0 Å². The van der Waals surface area contributed by atoms with E-state index >= 15 is 0 Å². The van der Waals surface area contributed by atoms with E-state index in [1.54, 1.807) is 31.4 Å². The van der Waals surface area contributed by atoms with E-state index in [2.05, 4.69) is 23.7 Å². The predicted molar refractivity (Wildman–Crippen MR) is 95.0 cm³/mol. The zero-order valence-electron chi connectivity index (χ0n) is 11.8. The topological polar surface area (TPSA) is 57.5 Å². The lowest BCUT2D eigenvalue weighted by molar-refractivity contribution is -0.117. The molecule has 0 saturated carbocycles. The molecule has 2 aliphatic rings. The van der Waals surface area contributed by atoms with Gasteiger partial charge in [0.1, 0.15) is 6.10 Å². The van der Waals surface area contributed by atoms with Crippen LogP contribution in [0.25, 0.3) is 0 Å². The molecule has 0 aliphatic heterocycles. The molecule has 0 radical (unpaired) electrons. The number of carbonyl (C=O) groups is 1. The number of ketones is 1. The first-order valence-electron chi connectivity index (χ1n) is 6.44. The number of aliphatic hydroxyl groups is 2. The molecule has 114 valence electrons. The Morgan fingerprint density at radius 1 is 1.45 bits per heavy atom. The van der Waals surface area contributed by atoms with Crippen LogP contribution in [0, 0.1) is 23.7 Å². The highest BCUT2D eigenvalue weighted by Gasteiger charge is 2.39. The summed E-state index contributed by atoms with van der Waals surface area (Å²) < 4.78 is 0. The van der Waals surface area contributed by atoms with Gasteiger partial charge in [-0.3, -0.25) is 4.79 Å². The van der Waals surface area contributed by atoms with Gasteiger partial charge in [-0.25, -0.2) is 0 Å². The van der Waals surface area contributed by atoms with E-state index in [9.17, 15) is 15.0 Å². The number of fused-ring (bicyclic) bond motifs is 2. The van der Waals surface area contributed by atoms with Gasteiger partial charge in [-0.15, -0.1) is 0 Å². The first kappa shape index (κ1) is 17.3. The molecule has 22 heavy (non-hydrogen) atoms. The Labute approximate surface area is 141 Å². The van der Waals surface area contributed by atoms with Crippen LogP contribution in [-0.4, -0.2) is 39.7 Å². The van der Waals surface area contributed by atoms with Gasteiger partial charge >= 0.3 is 0 Å². The number of allylic oxidation sites excluding steroid dienone is 3. The molecule has 0 aromatic rings. The van der Waals surface area contributed by atoms with Crippen LogP contribution in [0.5, 0.6) is 0 Å². The fourth-order valence-corrected chi connectivity index (χ4v) is 4.57. The number of aliphatic hydroxyl groups excluding tert-OH is 1. The Kier molecular flexibility index (Phi) is 6.31. The Morgan fingerprint density at radius 3 is 3.00 bits per heavy atom. The maximum atomic E-state index is 11.9. The zero-order chi connectivity index (χ0) is 16.0. The Morgan fingerprint density at radius 2 is 2.23 bits per heavy atom. The third-order valence-corrected chi connectivity index (χ3v) is 6.75. The molecule has 0 fully saturated rings. The number of hydrogen-bond donors (Lipinski definition) is 2. The fraction of sp³-hybridized carbons (Fsp3) is 0.312. The van der Waals surface area contributed by atoms with Crippen LogP contribution in [-0.2, 0) is 4.79 Å². The number of hydrogen-bond acceptors (Lipinski definition) is 6. The first-order valence-corrected chi connectivity index (χ1v) is 10.5. The first-order chi connectivity index (χ1) is 10.6. The molecule has 0 saturated heterocycles.